The second-order valence-electron chi connectivity index (χ2n) is 9.76. The molecule has 1 aliphatic heterocycles. The molecule has 9 heteroatoms. The number of hydrogen-bond donors (Lipinski definition) is 1. The Kier molecular flexibility index (Phi) is 9.22. The summed E-state index contributed by atoms with van der Waals surface area (Å²) in [6.45, 7) is 4.95. The van der Waals surface area contributed by atoms with Crippen LogP contribution in [0.5, 0.6) is 17.2 Å². The van der Waals surface area contributed by atoms with Gasteiger partial charge in [-0.3, -0.25) is 14.9 Å². The standard InChI is InChI=1S/C34H29BrN2O6/c1-3-41-30-19-25(18-29(35)31(30)43-21-24-11-9-22(2)10-12-24)17-28-32(38)36-34(40)37(33(28)39)26-13-15-27(16-14-26)42-20-23-7-5-4-6-8-23/h4-19H,3,20-21H2,1-2H3,(H,36,38,40)/b28-17+. The fraction of sp³-hybridized carbons (Fsp3) is 0.147. The first-order valence-corrected chi connectivity index (χ1v) is 14.4. The molecule has 1 saturated heterocycles. The first-order valence-electron chi connectivity index (χ1n) is 13.7. The van der Waals surface area contributed by atoms with Gasteiger partial charge in [0.1, 0.15) is 24.5 Å². The molecule has 0 aliphatic carbocycles. The third-order valence-corrected chi connectivity index (χ3v) is 7.18. The summed E-state index contributed by atoms with van der Waals surface area (Å²) in [6, 6.07) is 26.8. The molecule has 1 heterocycles. The molecule has 0 atom stereocenters. The van der Waals surface area contributed by atoms with E-state index in [9.17, 15) is 14.4 Å². The van der Waals surface area contributed by atoms with Crippen LogP contribution < -0.4 is 24.4 Å². The minimum Gasteiger partial charge on any atom is -0.490 e. The van der Waals surface area contributed by atoms with E-state index in [1.807, 2.05) is 68.4 Å². The highest BCUT2D eigenvalue weighted by atomic mass is 79.9. The van der Waals surface area contributed by atoms with E-state index in [2.05, 4.69) is 21.2 Å². The molecule has 43 heavy (non-hydrogen) atoms. The lowest BCUT2D eigenvalue weighted by Gasteiger charge is -2.26. The molecule has 4 aromatic carbocycles. The fourth-order valence-corrected chi connectivity index (χ4v) is 4.98. The summed E-state index contributed by atoms with van der Waals surface area (Å²) in [5.41, 5.74) is 3.77. The number of ether oxygens (including phenoxy) is 3. The number of carbonyl (C=O) groups excluding carboxylic acids is 3. The predicted octanol–water partition coefficient (Wildman–Crippen LogP) is 6.98. The lowest BCUT2D eigenvalue weighted by atomic mass is 10.1. The number of barbiturate groups is 1. The minimum atomic E-state index is -0.832. The number of hydrogen-bond acceptors (Lipinski definition) is 6. The number of rotatable bonds is 10. The molecule has 0 aromatic heterocycles. The van der Waals surface area contributed by atoms with Crippen molar-refractivity contribution in [3.05, 3.63) is 123 Å². The zero-order chi connectivity index (χ0) is 30.3. The molecule has 0 saturated carbocycles. The molecular formula is C34H29BrN2O6. The SMILES string of the molecule is CCOc1cc(/C=C2\C(=O)NC(=O)N(c3ccc(OCc4ccccc4)cc3)C2=O)cc(Br)c1OCc1ccc(C)cc1. The molecule has 4 amide bonds. The van der Waals surface area contributed by atoms with Gasteiger partial charge in [0.15, 0.2) is 11.5 Å². The van der Waals surface area contributed by atoms with Crippen molar-refractivity contribution in [1.82, 2.24) is 5.32 Å². The highest BCUT2D eigenvalue weighted by molar-refractivity contribution is 9.10. The zero-order valence-electron chi connectivity index (χ0n) is 23.6. The second-order valence-corrected chi connectivity index (χ2v) is 10.6. The number of halogens is 1. The molecule has 1 fully saturated rings. The largest absolute Gasteiger partial charge is 0.490 e. The van der Waals surface area contributed by atoms with Gasteiger partial charge in [0.2, 0.25) is 0 Å². The smallest absolute Gasteiger partial charge is 0.335 e. The van der Waals surface area contributed by atoms with E-state index >= 15 is 0 Å². The van der Waals surface area contributed by atoms with E-state index in [1.54, 1.807) is 36.4 Å². The molecule has 8 nitrogen and oxygen atoms in total. The third-order valence-electron chi connectivity index (χ3n) is 6.59. The topological polar surface area (TPSA) is 94.2 Å². The van der Waals surface area contributed by atoms with E-state index in [0.29, 0.717) is 52.8 Å². The summed E-state index contributed by atoms with van der Waals surface area (Å²) in [7, 11) is 0. The summed E-state index contributed by atoms with van der Waals surface area (Å²) < 4.78 is 18.3. The van der Waals surface area contributed by atoms with Crippen LogP contribution in [0.2, 0.25) is 0 Å². The normalized spacial score (nSPS) is 14.1. The number of amides is 4. The minimum absolute atomic E-state index is 0.202. The van der Waals surface area contributed by atoms with E-state index in [1.165, 1.54) is 6.08 Å². The van der Waals surface area contributed by atoms with Crippen LogP contribution in [0.15, 0.2) is 101 Å². The van der Waals surface area contributed by atoms with E-state index in [0.717, 1.165) is 21.6 Å². The van der Waals surface area contributed by atoms with Crippen LogP contribution in [0.25, 0.3) is 6.08 Å². The lowest BCUT2D eigenvalue weighted by Crippen LogP contribution is -2.54. The van der Waals surface area contributed by atoms with Crippen molar-refractivity contribution in [2.24, 2.45) is 0 Å². The first kappa shape index (κ1) is 29.6. The van der Waals surface area contributed by atoms with Crippen LogP contribution >= 0.6 is 15.9 Å². The number of aryl methyl sites for hydroxylation is 1. The third kappa shape index (κ3) is 7.13. The van der Waals surface area contributed by atoms with Gasteiger partial charge in [-0.25, -0.2) is 9.69 Å². The van der Waals surface area contributed by atoms with Crippen molar-refractivity contribution in [3.8, 4) is 17.2 Å². The lowest BCUT2D eigenvalue weighted by molar-refractivity contribution is -0.122. The van der Waals surface area contributed by atoms with Crippen molar-refractivity contribution < 1.29 is 28.6 Å². The highest BCUT2D eigenvalue weighted by Crippen LogP contribution is 2.38. The molecule has 0 radical (unpaired) electrons. The maximum absolute atomic E-state index is 13.5. The van der Waals surface area contributed by atoms with Crippen molar-refractivity contribution in [2.75, 3.05) is 11.5 Å². The highest BCUT2D eigenvalue weighted by Gasteiger charge is 2.37. The first-order chi connectivity index (χ1) is 20.8. The molecule has 0 bridgehead atoms. The number of imide groups is 2. The maximum atomic E-state index is 13.5. The summed E-state index contributed by atoms with van der Waals surface area (Å²) in [5, 5.41) is 2.26. The molecular weight excluding hydrogens is 612 g/mol. The van der Waals surface area contributed by atoms with Crippen molar-refractivity contribution in [2.45, 2.75) is 27.1 Å². The van der Waals surface area contributed by atoms with Crippen LogP contribution in [0.3, 0.4) is 0 Å². The number of urea groups is 1. The zero-order valence-corrected chi connectivity index (χ0v) is 25.2. The molecule has 1 aliphatic rings. The Bertz CT molecular complexity index is 1670. The molecule has 4 aromatic rings. The van der Waals surface area contributed by atoms with Gasteiger partial charge in [-0.05, 0) is 88.9 Å². The quantitative estimate of drug-likeness (QED) is 0.148. The average molecular weight is 642 g/mol. The van der Waals surface area contributed by atoms with Gasteiger partial charge in [0, 0.05) is 0 Å². The van der Waals surface area contributed by atoms with Crippen molar-refractivity contribution >= 4 is 45.5 Å². The number of carbonyl (C=O) groups is 3. The van der Waals surface area contributed by atoms with Gasteiger partial charge >= 0.3 is 6.03 Å². The molecule has 0 spiro atoms. The van der Waals surface area contributed by atoms with Crippen molar-refractivity contribution in [1.29, 1.82) is 0 Å². The van der Waals surface area contributed by atoms with Crippen LogP contribution in [0.1, 0.15) is 29.2 Å². The van der Waals surface area contributed by atoms with E-state index in [-0.39, 0.29) is 5.57 Å². The Morgan fingerprint density at radius 2 is 1.49 bits per heavy atom. The van der Waals surface area contributed by atoms with Gasteiger partial charge in [-0.1, -0.05) is 60.2 Å². The Hall–Kier alpha value is -4.89. The second kappa shape index (κ2) is 13.4. The molecule has 5 rings (SSSR count). The number of nitrogens with zero attached hydrogens (tertiary/aromatic N) is 1. The molecule has 0 unspecified atom stereocenters. The summed E-state index contributed by atoms with van der Waals surface area (Å²) in [6.07, 6.45) is 1.42. The average Bonchev–Trinajstić information content (AvgIpc) is 3.00. The Labute approximate surface area is 258 Å². The maximum Gasteiger partial charge on any atom is 0.335 e. The van der Waals surface area contributed by atoms with Crippen LogP contribution in [-0.4, -0.2) is 24.5 Å². The van der Waals surface area contributed by atoms with Crippen LogP contribution in [0.4, 0.5) is 10.5 Å². The predicted molar refractivity (Wildman–Crippen MR) is 167 cm³/mol. The Morgan fingerprint density at radius 1 is 0.814 bits per heavy atom. The van der Waals surface area contributed by atoms with Gasteiger partial charge in [0.25, 0.3) is 11.8 Å². The summed E-state index contributed by atoms with van der Waals surface area (Å²) in [5.74, 6) is -0.0282. The van der Waals surface area contributed by atoms with Gasteiger partial charge in [-0.2, -0.15) is 0 Å². The fourth-order valence-electron chi connectivity index (χ4n) is 4.41. The number of nitrogens with one attached hydrogen (secondary N) is 1. The van der Waals surface area contributed by atoms with Crippen LogP contribution in [-0.2, 0) is 22.8 Å². The van der Waals surface area contributed by atoms with Gasteiger partial charge in [0.05, 0.1) is 16.8 Å². The van der Waals surface area contributed by atoms with E-state index < -0.39 is 17.8 Å². The summed E-state index contributed by atoms with van der Waals surface area (Å²) >= 11 is 3.54. The number of benzene rings is 4. The van der Waals surface area contributed by atoms with Crippen molar-refractivity contribution in [3.63, 3.8) is 0 Å². The van der Waals surface area contributed by atoms with Gasteiger partial charge < -0.3 is 14.2 Å². The van der Waals surface area contributed by atoms with Gasteiger partial charge in [-0.15, -0.1) is 0 Å². The molecule has 218 valence electrons. The number of anilines is 1. The monoisotopic (exact) mass is 640 g/mol. The Morgan fingerprint density at radius 3 is 2.19 bits per heavy atom. The van der Waals surface area contributed by atoms with Crippen LogP contribution in [0, 0.1) is 6.92 Å². The molecule has 1 N–H and O–H groups in total. The Balaban J connectivity index is 1.36. The van der Waals surface area contributed by atoms with E-state index in [4.69, 9.17) is 14.2 Å². The summed E-state index contributed by atoms with van der Waals surface area (Å²) in [4.78, 5) is 39.9.